The highest BCUT2D eigenvalue weighted by Gasteiger charge is 2.41. The Morgan fingerprint density at radius 1 is 1.50 bits per heavy atom. The van der Waals surface area contributed by atoms with E-state index in [0.29, 0.717) is 6.42 Å². The first-order valence-electron chi connectivity index (χ1n) is 4.39. The largest absolute Gasteiger partial charge is 0.306 e. The first kappa shape index (κ1) is 12.1. The van der Waals surface area contributed by atoms with Crippen LogP contribution in [0.1, 0.15) is 13.3 Å². The van der Waals surface area contributed by atoms with Gasteiger partial charge in [-0.3, -0.25) is 4.18 Å². The molecular formula is C7H14O5S2. The molecule has 0 amide bonds. The Kier molecular flexibility index (Phi) is 4.05. The molecule has 1 aliphatic carbocycles. The lowest BCUT2D eigenvalue weighted by Gasteiger charge is -2.01. The summed E-state index contributed by atoms with van der Waals surface area (Å²) in [4.78, 5) is 0. The molecule has 1 saturated carbocycles. The van der Waals surface area contributed by atoms with E-state index in [1.807, 2.05) is 0 Å². The number of rotatable bonds is 6. The van der Waals surface area contributed by atoms with Gasteiger partial charge in [0.05, 0.1) is 18.1 Å². The van der Waals surface area contributed by atoms with Crippen LogP contribution in [-0.2, 0) is 25.4 Å². The molecule has 14 heavy (non-hydrogen) atoms. The predicted molar refractivity (Wildman–Crippen MR) is 52.6 cm³/mol. The van der Waals surface area contributed by atoms with Crippen LogP contribution in [0.25, 0.3) is 0 Å². The van der Waals surface area contributed by atoms with E-state index in [0.717, 1.165) is 0 Å². The van der Waals surface area contributed by atoms with Crippen LogP contribution in [0.3, 0.4) is 0 Å². The van der Waals surface area contributed by atoms with Gasteiger partial charge in [0, 0.05) is 0 Å². The highest BCUT2D eigenvalue weighted by atomic mass is 32.2. The van der Waals surface area contributed by atoms with Gasteiger partial charge < -0.3 is 4.55 Å². The van der Waals surface area contributed by atoms with Gasteiger partial charge in [-0.05, 0) is 25.2 Å². The minimum Gasteiger partial charge on any atom is -0.306 e. The van der Waals surface area contributed by atoms with Gasteiger partial charge in [-0.2, -0.15) is 8.42 Å². The molecule has 84 valence electrons. The van der Waals surface area contributed by atoms with Crippen molar-refractivity contribution in [2.45, 2.75) is 13.3 Å². The van der Waals surface area contributed by atoms with Crippen LogP contribution in [0.4, 0.5) is 0 Å². The van der Waals surface area contributed by atoms with E-state index >= 15 is 0 Å². The molecule has 3 unspecified atom stereocenters. The lowest BCUT2D eigenvalue weighted by Crippen LogP contribution is -2.13. The minimum absolute atomic E-state index is 0.00245. The van der Waals surface area contributed by atoms with Crippen molar-refractivity contribution in [3.63, 3.8) is 0 Å². The van der Waals surface area contributed by atoms with Crippen LogP contribution in [0.15, 0.2) is 0 Å². The highest BCUT2D eigenvalue weighted by molar-refractivity contribution is 7.86. The Hall–Kier alpha value is 0.0200. The van der Waals surface area contributed by atoms with E-state index < -0.39 is 21.2 Å². The maximum absolute atomic E-state index is 11.2. The van der Waals surface area contributed by atoms with Crippen LogP contribution in [0.5, 0.6) is 0 Å². The van der Waals surface area contributed by atoms with Gasteiger partial charge in [0.2, 0.25) is 0 Å². The fraction of sp³-hybridized carbons (Fsp3) is 1.00. The third kappa shape index (κ3) is 4.04. The van der Waals surface area contributed by atoms with Gasteiger partial charge in [0.15, 0.2) is 11.1 Å². The standard InChI is InChI=1S/C7H14O5S2/c1-2-12-14(10,11)5-7-3-6(7)4-13(8)9/h6-7H,2-5H2,1H3,(H,8,9). The zero-order valence-electron chi connectivity index (χ0n) is 7.88. The maximum Gasteiger partial charge on any atom is 0.267 e. The minimum atomic E-state index is -3.42. The topological polar surface area (TPSA) is 80.7 Å². The molecule has 0 aromatic heterocycles. The van der Waals surface area contributed by atoms with Gasteiger partial charge in [0.1, 0.15) is 0 Å². The Labute approximate surface area is 86.2 Å². The van der Waals surface area contributed by atoms with Crippen molar-refractivity contribution in [3.8, 4) is 0 Å². The van der Waals surface area contributed by atoms with Gasteiger partial charge in [-0.1, -0.05) is 0 Å². The van der Waals surface area contributed by atoms with E-state index in [1.165, 1.54) is 0 Å². The lowest BCUT2D eigenvalue weighted by molar-refractivity contribution is 0.336. The van der Waals surface area contributed by atoms with Gasteiger partial charge in [-0.15, -0.1) is 0 Å². The smallest absolute Gasteiger partial charge is 0.267 e. The Morgan fingerprint density at radius 2 is 2.14 bits per heavy atom. The zero-order valence-corrected chi connectivity index (χ0v) is 9.51. The second kappa shape index (κ2) is 4.69. The molecule has 3 atom stereocenters. The number of hydrogen-bond donors (Lipinski definition) is 1. The molecule has 1 fully saturated rings. The number of hydrogen-bond acceptors (Lipinski definition) is 4. The molecule has 1 rings (SSSR count). The van der Waals surface area contributed by atoms with Crippen LogP contribution in [-0.4, -0.2) is 35.3 Å². The van der Waals surface area contributed by atoms with Crippen molar-refractivity contribution in [2.24, 2.45) is 11.8 Å². The molecule has 5 nitrogen and oxygen atoms in total. The van der Waals surface area contributed by atoms with E-state index in [4.69, 9.17) is 4.55 Å². The summed E-state index contributed by atoms with van der Waals surface area (Å²) in [6.07, 6.45) is 0.707. The SMILES string of the molecule is CCOS(=O)(=O)CC1CC1CS(=O)O. The van der Waals surface area contributed by atoms with Crippen LogP contribution < -0.4 is 0 Å². The summed E-state index contributed by atoms with van der Waals surface area (Å²) in [6.45, 7) is 1.76. The summed E-state index contributed by atoms with van der Waals surface area (Å²) in [5.74, 6) is 0.216. The average molecular weight is 242 g/mol. The third-order valence-electron chi connectivity index (χ3n) is 2.14. The quantitative estimate of drug-likeness (QED) is 0.532. The molecule has 7 heteroatoms. The first-order valence-corrected chi connectivity index (χ1v) is 7.24. The Bertz CT molecular complexity index is 310. The van der Waals surface area contributed by atoms with E-state index in [9.17, 15) is 12.6 Å². The van der Waals surface area contributed by atoms with Crippen molar-refractivity contribution in [1.29, 1.82) is 0 Å². The van der Waals surface area contributed by atoms with Crippen LogP contribution >= 0.6 is 0 Å². The van der Waals surface area contributed by atoms with Crippen LogP contribution in [0, 0.1) is 11.8 Å². The van der Waals surface area contributed by atoms with Crippen molar-refractivity contribution in [3.05, 3.63) is 0 Å². The molecule has 0 saturated heterocycles. The molecule has 0 heterocycles. The molecule has 1 aliphatic rings. The molecule has 0 bridgehead atoms. The summed E-state index contributed by atoms with van der Waals surface area (Å²) in [7, 11) is -3.42. The molecule has 0 aromatic rings. The van der Waals surface area contributed by atoms with Crippen molar-refractivity contribution < 1.29 is 21.4 Å². The fourth-order valence-electron chi connectivity index (χ4n) is 1.39. The van der Waals surface area contributed by atoms with E-state index in [-0.39, 0.29) is 29.9 Å². The summed E-state index contributed by atoms with van der Waals surface area (Å²) in [6, 6.07) is 0. The van der Waals surface area contributed by atoms with Crippen molar-refractivity contribution in [2.75, 3.05) is 18.1 Å². The molecule has 0 spiro atoms. The normalized spacial score (nSPS) is 28.7. The van der Waals surface area contributed by atoms with Crippen LogP contribution in [0.2, 0.25) is 0 Å². The maximum atomic E-state index is 11.2. The zero-order chi connectivity index (χ0) is 10.8. The summed E-state index contributed by atoms with van der Waals surface area (Å²) in [5.41, 5.74) is 0. The Morgan fingerprint density at radius 3 is 2.64 bits per heavy atom. The molecule has 0 aromatic carbocycles. The van der Waals surface area contributed by atoms with Crippen molar-refractivity contribution >= 4 is 21.2 Å². The fourth-order valence-corrected chi connectivity index (χ4v) is 3.55. The van der Waals surface area contributed by atoms with Gasteiger partial charge >= 0.3 is 0 Å². The molecule has 0 radical (unpaired) electrons. The summed E-state index contributed by atoms with van der Waals surface area (Å²) >= 11 is -1.82. The molecular weight excluding hydrogens is 228 g/mol. The second-order valence-corrected chi connectivity index (χ2v) is 6.04. The average Bonchev–Trinajstić information content (AvgIpc) is 2.64. The predicted octanol–water partition coefficient (Wildman–Crippen LogP) is 0.211. The summed E-state index contributed by atoms with van der Waals surface area (Å²) in [5, 5.41) is 0. The van der Waals surface area contributed by atoms with Gasteiger partial charge in [-0.25, -0.2) is 4.21 Å². The van der Waals surface area contributed by atoms with E-state index in [2.05, 4.69) is 4.18 Å². The van der Waals surface area contributed by atoms with Gasteiger partial charge in [0.25, 0.3) is 10.1 Å². The third-order valence-corrected chi connectivity index (χ3v) is 4.29. The lowest BCUT2D eigenvalue weighted by atomic mass is 10.4. The second-order valence-electron chi connectivity index (χ2n) is 3.37. The Balaban J connectivity index is 2.32. The first-order chi connectivity index (χ1) is 6.44. The molecule has 0 aliphatic heterocycles. The monoisotopic (exact) mass is 242 g/mol. The highest BCUT2D eigenvalue weighted by Crippen LogP contribution is 2.40. The van der Waals surface area contributed by atoms with Crippen molar-refractivity contribution in [1.82, 2.24) is 0 Å². The van der Waals surface area contributed by atoms with E-state index in [1.54, 1.807) is 6.92 Å². The molecule has 1 N–H and O–H groups in total. The summed E-state index contributed by atoms with van der Waals surface area (Å²) < 4.78 is 45.9.